The second-order valence-electron chi connectivity index (χ2n) is 8.03. The Bertz CT molecular complexity index is 466. The Morgan fingerprint density at radius 3 is 2.95 bits per heavy atom. The van der Waals surface area contributed by atoms with E-state index < -0.39 is 0 Å². The molecule has 1 N–H and O–H groups in total. The number of aliphatic hydroxyl groups excluding tert-OH is 1. The molecule has 0 unspecified atom stereocenters. The largest absolute Gasteiger partial charge is 0.392 e. The van der Waals surface area contributed by atoms with E-state index in [0.717, 1.165) is 25.2 Å². The SMILES string of the molecule is C[C@@]12CCC[C@H]1[C@H]1[C@H](CC2)[C@H]2CCC(=O)C=C2C[C@@H]1O. The van der Waals surface area contributed by atoms with Crippen molar-refractivity contribution in [3.63, 3.8) is 0 Å². The van der Waals surface area contributed by atoms with E-state index in [0.29, 0.717) is 23.2 Å². The topological polar surface area (TPSA) is 37.3 Å². The zero-order valence-electron chi connectivity index (χ0n) is 12.5. The van der Waals surface area contributed by atoms with Gasteiger partial charge < -0.3 is 5.11 Å². The lowest BCUT2D eigenvalue weighted by molar-refractivity contribution is -0.117. The van der Waals surface area contributed by atoms with E-state index in [1.165, 1.54) is 37.7 Å². The highest BCUT2D eigenvalue weighted by Crippen LogP contribution is 2.61. The highest BCUT2D eigenvalue weighted by atomic mass is 16.3. The van der Waals surface area contributed by atoms with Crippen LogP contribution in [0.1, 0.15) is 58.3 Å². The summed E-state index contributed by atoms with van der Waals surface area (Å²) < 4.78 is 0. The van der Waals surface area contributed by atoms with Gasteiger partial charge in [0.15, 0.2) is 5.78 Å². The maximum atomic E-state index is 11.7. The molecule has 0 saturated heterocycles. The van der Waals surface area contributed by atoms with E-state index >= 15 is 0 Å². The van der Waals surface area contributed by atoms with Crippen molar-refractivity contribution in [2.75, 3.05) is 0 Å². The number of hydrogen-bond donors (Lipinski definition) is 1. The van der Waals surface area contributed by atoms with Gasteiger partial charge in [-0.15, -0.1) is 0 Å². The monoisotopic (exact) mass is 274 g/mol. The first-order valence-corrected chi connectivity index (χ1v) is 8.50. The Balaban J connectivity index is 1.68. The summed E-state index contributed by atoms with van der Waals surface area (Å²) in [6, 6.07) is 0. The Morgan fingerprint density at radius 1 is 1.25 bits per heavy atom. The first-order valence-electron chi connectivity index (χ1n) is 8.50. The number of carbonyl (C=O) groups is 1. The lowest BCUT2D eigenvalue weighted by Gasteiger charge is -2.54. The summed E-state index contributed by atoms with van der Waals surface area (Å²) in [5.41, 5.74) is 1.77. The molecule has 0 amide bonds. The third-order valence-corrected chi connectivity index (χ3v) is 7.10. The molecule has 4 aliphatic carbocycles. The minimum absolute atomic E-state index is 0.198. The van der Waals surface area contributed by atoms with Crippen LogP contribution in [-0.4, -0.2) is 17.0 Å². The zero-order valence-corrected chi connectivity index (χ0v) is 12.5. The molecule has 2 nitrogen and oxygen atoms in total. The number of aliphatic hydroxyl groups is 1. The lowest BCUT2D eigenvalue weighted by atomic mass is 9.51. The normalized spacial score (nSPS) is 51.0. The molecule has 3 fully saturated rings. The molecule has 3 saturated carbocycles. The van der Waals surface area contributed by atoms with Crippen molar-refractivity contribution < 1.29 is 9.90 Å². The molecule has 0 heterocycles. The highest BCUT2D eigenvalue weighted by Gasteiger charge is 2.55. The van der Waals surface area contributed by atoms with Crippen LogP contribution in [-0.2, 0) is 4.79 Å². The minimum atomic E-state index is -0.198. The summed E-state index contributed by atoms with van der Waals surface area (Å²) in [5, 5.41) is 10.7. The predicted molar refractivity (Wildman–Crippen MR) is 78.1 cm³/mol. The molecule has 4 aliphatic rings. The van der Waals surface area contributed by atoms with Crippen molar-refractivity contribution in [2.45, 2.75) is 64.4 Å². The van der Waals surface area contributed by atoms with E-state index in [4.69, 9.17) is 0 Å². The van der Waals surface area contributed by atoms with Crippen molar-refractivity contribution in [1.29, 1.82) is 0 Å². The molecule has 0 aromatic rings. The van der Waals surface area contributed by atoms with Crippen molar-refractivity contribution in [3.8, 4) is 0 Å². The first kappa shape index (κ1) is 13.1. The van der Waals surface area contributed by atoms with Crippen LogP contribution < -0.4 is 0 Å². The molecular weight excluding hydrogens is 248 g/mol. The minimum Gasteiger partial charge on any atom is -0.392 e. The third-order valence-electron chi connectivity index (χ3n) is 7.10. The van der Waals surface area contributed by atoms with E-state index in [-0.39, 0.29) is 11.9 Å². The molecule has 0 spiro atoms. The van der Waals surface area contributed by atoms with Crippen LogP contribution in [0.25, 0.3) is 0 Å². The number of ketones is 1. The van der Waals surface area contributed by atoms with Crippen molar-refractivity contribution in [3.05, 3.63) is 11.6 Å². The molecule has 0 aromatic carbocycles. The Labute approximate surface area is 121 Å². The van der Waals surface area contributed by atoms with Gasteiger partial charge in [-0.1, -0.05) is 18.9 Å². The molecular formula is C18H26O2. The van der Waals surface area contributed by atoms with Crippen LogP contribution in [0.5, 0.6) is 0 Å². The van der Waals surface area contributed by atoms with Gasteiger partial charge in [0, 0.05) is 6.42 Å². The molecule has 6 atom stereocenters. The average molecular weight is 274 g/mol. The Hall–Kier alpha value is -0.630. The van der Waals surface area contributed by atoms with E-state index in [1.807, 2.05) is 6.08 Å². The fraction of sp³-hybridized carbons (Fsp3) is 0.833. The van der Waals surface area contributed by atoms with Gasteiger partial charge in [-0.2, -0.15) is 0 Å². The van der Waals surface area contributed by atoms with Crippen molar-refractivity contribution in [1.82, 2.24) is 0 Å². The summed E-state index contributed by atoms with van der Waals surface area (Å²) in [6.45, 7) is 2.46. The van der Waals surface area contributed by atoms with Crippen LogP contribution in [0, 0.1) is 29.1 Å². The smallest absolute Gasteiger partial charge is 0.155 e. The van der Waals surface area contributed by atoms with Crippen molar-refractivity contribution >= 4 is 5.78 Å². The van der Waals surface area contributed by atoms with Gasteiger partial charge in [-0.3, -0.25) is 4.79 Å². The van der Waals surface area contributed by atoms with Gasteiger partial charge >= 0.3 is 0 Å². The van der Waals surface area contributed by atoms with Gasteiger partial charge in [-0.25, -0.2) is 0 Å². The fourth-order valence-electron chi connectivity index (χ4n) is 6.18. The predicted octanol–water partition coefficient (Wildman–Crippen LogP) is 3.49. The Kier molecular flexibility index (Phi) is 2.89. The molecule has 0 radical (unpaired) electrons. The number of fused-ring (bicyclic) bond motifs is 5. The molecule has 0 aromatic heterocycles. The molecule has 2 heteroatoms. The quantitative estimate of drug-likeness (QED) is 0.734. The highest BCUT2D eigenvalue weighted by molar-refractivity contribution is 5.91. The van der Waals surface area contributed by atoms with Crippen LogP contribution in [0.3, 0.4) is 0 Å². The summed E-state index contributed by atoms with van der Waals surface area (Å²) in [6.07, 6.45) is 10.9. The fourth-order valence-corrected chi connectivity index (χ4v) is 6.18. The average Bonchev–Trinajstić information content (AvgIpc) is 2.79. The van der Waals surface area contributed by atoms with Gasteiger partial charge in [0.2, 0.25) is 0 Å². The van der Waals surface area contributed by atoms with Crippen LogP contribution >= 0.6 is 0 Å². The van der Waals surface area contributed by atoms with Gasteiger partial charge in [0.1, 0.15) is 0 Å². The summed E-state index contributed by atoms with van der Waals surface area (Å²) >= 11 is 0. The lowest BCUT2D eigenvalue weighted by Crippen LogP contribution is -2.50. The van der Waals surface area contributed by atoms with E-state index in [1.54, 1.807) is 0 Å². The molecule has 20 heavy (non-hydrogen) atoms. The van der Waals surface area contributed by atoms with Crippen molar-refractivity contribution in [2.24, 2.45) is 29.1 Å². The number of rotatable bonds is 0. The van der Waals surface area contributed by atoms with Gasteiger partial charge in [0.05, 0.1) is 6.10 Å². The van der Waals surface area contributed by atoms with Gasteiger partial charge in [-0.05, 0) is 73.7 Å². The summed E-state index contributed by atoms with van der Waals surface area (Å²) in [5.74, 6) is 2.77. The second kappa shape index (κ2) is 4.43. The van der Waals surface area contributed by atoms with E-state index in [2.05, 4.69) is 6.92 Å². The molecule has 4 rings (SSSR count). The number of hydrogen-bond acceptors (Lipinski definition) is 2. The second-order valence-corrected chi connectivity index (χ2v) is 8.03. The van der Waals surface area contributed by atoms with Crippen LogP contribution in [0.15, 0.2) is 11.6 Å². The van der Waals surface area contributed by atoms with E-state index in [9.17, 15) is 9.90 Å². The summed E-state index contributed by atoms with van der Waals surface area (Å²) in [4.78, 5) is 11.7. The zero-order chi connectivity index (χ0) is 13.9. The third kappa shape index (κ3) is 1.76. The van der Waals surface area contributed by atoms with Crippen LogP contribution in [0.4, 0.5) is 0 Å². The maximum absolute atomic E-state index is 11.7. The van der Waals surface area contributed by atoms with Crippen LogP contribution in [0.2, 0.25) is 0 Å². The molecule has 0 bridgehead atoms. The van der Waals surface area contributed by atoms with Gasteiger partial charge in [0.25, 0.3) is 0 Å². The standard InChI is InChI=1S/C18H26O2/c1-18-7-2-3-15(18)17-14(6-8-18)13-5-4-12(19)9-11(13)10-16(17)20/h9,13-17,20H,2-8,10H2,1H3/t13-,14+,15-,16-,17+,18-/m0/s1. The number of carbonyl (C=O) groups excluding carboxylic acids is 1. The molecule has 110 valence electrons. The summed E-state index contributed by atoms with van der Waals surface area (Å²) in [7, 11) is 0. The molecule has 0 aliphatic heterocycles. The first-order chi connectivity index (χ1) is 9.58. The Morgan fingerprint density at radius 2 is 2.10 bits per heavy atom. The maximum Gasteiger partial charge on any atom is 0.155 e.